The molecule has 3 heterocycles. The van der Waals surface area contributed by atoms with Crippen molar-refractivity contribution in [1.29, 1.82) is 0 Å². The van der Waals surface area contributed by atoms with Crippen molar-refractivity contribution in [3.63, 3.8) is 0 Å². The Hall–Kier alpha value is -2.29. The van der Waals surface area contributed by atoms with Crippen LogP contribution in [0.15, 0.2) is 28.0 Å². The smallest absolute Gasteiger partial charge is 0.0686 e. The Bertz CT molecular complexity index is 898. The van der Waals surface area contributed by atoms with Gasteiger partial charge in [0.25, 0.3) is 0 Å². The summed E-state index contributed by atoms with van der Waals surface area (Å²) in [6.45, 7) is 15.1. The van der Waals surface area contributed by atoms with Crippen molar-refractivity contribution in [3.05, 3.63) is 62.4 Å². The fraction of sp³-hybridized carbons (Fsp3) is 0.381. The summed E-state index contributed by atoms with van der Waals surface area (Å²) in [4.78, 5) is 11.8. The zero-order valence-corrected chi connectivity index (χ0v) is 15.8. The predicted octanol–water partition coefficient (Wildman–Crippen LogP) is 5.26. The number of aryl methyl sites for hydroxylation is 2. The zero-order chi connectivity index (χ0) is 17.6. The van der Waals surface area contributed by atoms with Crippen LogP contribution < -0.4 is 0 Å². The average Bonchev–Trinajstić information content (AvgIpc) is 3.09. The van der Waals surface area contributed by atoms with Crippen molar-refractivity contribution in [3.8, 4) is 0 Å². The minimum atomic E-state index is 0.863. The number of aliphatic imine (C=N–C) groups is 1. The van der Waals surface area contributed by atoms with Gasteiger partial charge in [-0.05, 0) is 87.9 Å². The van der Waals surface area contributed by atoms with Gasteiger partial charge in [0, 0.05) is 29.7 Å². The molecule has 0 unspecified atom stereocenters. The van der Waals surface area contributed by atoms with Gasteiger partial charge in [-0.1, -0.05) is 0 Å². The van der Waals surface area contributed by atoms with Crippen molar-refractivity contribution < 1.29 is 0 Å². The molecule has 0 fully saturated rings. The van der Waals surface area contributed by atoms with Gasteiger partial charge in [0.05, 0.1) is 11.4 Å². The molecule has 0 atom stereocenters. The second kappa shape index (κ2) is 5.97. The lowest BCUT2D eigenvalue weighted by Gasteiger charge is -2.02. The maximum Gasteiger partial charge on any atom is 0.0686 e. The molecule has 0 amide bonds. The summed E-state index contributed by atoms with van der Waals surface area (Å²) in [5, 5.41) is 0. The molecule has 1 aliphatic heterocycles. The Labute approximate surface area is 144 Å². The molecule has 1 aliphatic rings. The summed E-state index contributed by atoms with van der Waals surface area (Å²) < 4.78 is 0. The minimum Gasteiger partial charge on any atom is -0.364 e. The quantitative estimate of drug-likeness (QED) is 0.774. The monoisotopic (exact) mass is 321 g/mol. The molecule has 126 valence electrons. The lowest BCUT2D eigenvalue weighted by atomic mass is 10.0. The highest BCUT2D eigenvalue weighted by atomic mass is 14.8. The van der Waals surface area contributed by atoms with Gasteiger partial charge < -0.3 is 9.97 Å². The third-order valence-corrected chi connectivity index (χ3v) is 5.62. The second-order valence-corrected chi connectivity index (χ2v) is 7.00. The van der Waals surface area contributed by atoms with E-state index in [1.165, 1.54) is 56.2 Å². The van der Waals surface area contributed by atoms with Crippen molar-refractivity contribution >= 4 is 11.8 Å². The summed E-state index contributed by atoms with van der Waals surface area (Å²) in [5.74, 6) is 0. The normalized spacial score (nSPS) is 16.5. The first-order valence-corrected chi connectivity index (χ1v) is 8.56. The van der Waals surface area contributed by atoms with E-state index >= 15 is 0 Å². The largest absolute Gasteiger partial charge is 0.364 e. The van der Waals surface area contributed by atoms with Gasteiger partial charge in [-0.15, -0.1) is 0 Å². The van der Waals surface area contributed by atoms with Crippen molar-refractivity contribution in [2.45, 2.75) is 54.9 Å². The third-order valence-electron chi connectivity index (χ3n) is 5.62. The van der Waals surface area contributed by atoms with Crippen LogP contribution in [0.1, 0.15) is 53.2 Å². The number of rotatable bonds is 3. The predicted molar refractivity (Wildman–Crippen MR) is 103 cm³/mol. The molecule has 0 aliphatic carbocycles. The molecule has 0 spiro atoms. The van der Waals surface area contributed by atoms with Crippen molar-refractivity contribution in [1.82, 2.24) is 9.97 Å². The second-order valence-electron chi connectivity index (χ2n) is 7.00. The van der Waals surface area contributed by atoms with E-state index in [4.69, 9.17) is 4.99 Å². The highest BCUT2D eigenvalue weighted by Crippen LogP contribution is 2.30. The van der Waals surface area contributed by atoms with Gasteiger partial charge in [0.1, 0.15) is 0 Å². The number of nitrogens with one attached hydrogen (secondary N) is 2. The van der Waals surface area contributed by atoms with E-state index in [1.54, 1.807) is 0 Å². The van der Waals surface area contributed by atoms with E-state index in [0.717, 1.165) is 12.1 Å². The molecule has 3 rings (SSSR count). The Morgan fingerprint density at radius 3 is 2.17 bits per heavy atom. The molecule has 3 nitrogen and oxygen atoms in total. The molecule has 2 aromatic heterocycles. The van der Waals surface area contributed by atoms with Crippen LogP contribution >= 0.6 is 0 Å². The first-order valence-electron chi connectivity index (χ1n) is 8.56. The van der Waals surface area contributed by atoms with Gasteiger partial charge >= 0.3 is 0 Å². The summed E-state index contributed by atoms with van der Waals surface area (Å²) in [6.07, 6.45) is 5.13. The molecule has 2 aromatic rings. The Balaban J connectivity index is 1.96. The van der Waals surface area contributed by atoms with E-state index in [2.05, 4.69) is 70.7 Å². The van der Waals surface area contributed by atoms with Gasteiger partial charge in [-0.3, -0.25) is 4.99 Å². The third kappa shape index (κ3) is 2.68. The minimum absolute atomic E-state index is 0.863. The van der Waals surface area contributed by atoms with E-state index in [0.29, 0.717) is 0 Å². The first-order chi connectivity index (χ1) is 11.3. The van der Waals surface area contributed by atoms with E-state index in [-0.39, 0.29) is 0 Å². The highest BCUT2D eigenvalue weighted by molar-refractivity contribution is 6.06. The molecule has 0 saturated carbocycles. The van der Waals surface area contributed by atoms with Gasteiger partial charge in [0.2, 0.25) is 0 Å². The number of allylic oxidation sites excluding steroid dienone is 2. The summed E-state index contributed by atoms with van der Waals surface area (Å²) in [5.41, 5.74) is 13.8. The molecule has 0 aromatic carbocycles. The van der Waals surface area contributed by atoms with Gasteiger partial charge in [0.15, 0.2) is 0 Å². The van der Waals surface area contributed by atoms with E-state index < -0.39 is 0 Å². The van der Waals surface area contributed by atoms with Gasteiger partial charge in [-0.25, -0.2) is 0 Å². The summed E-state index contributed by atoms with van der Waals surface area (Å²) in [6, 6.07) is 0. The maximum absolute atomic E-state index is 4.93. The molecule has 0 saturated heterocycles. The van der Waals surface area contributed by atoms with Crippen molar-refractivity contribution in [2.75, 3.05) is 0 Å². The van der Waals surface area contributed by atoms with Crippen LogP contribution in [0, 0.1) is 34.6 Å². The molecular formula is C21H27N3. The first kappa shape index (κ1) is 16.6. The van der Waals surface area contributed by atoms with Crippen LogP contribution in [0.2, 0.25) is 0 Å². The standard InChI is InChI=1S/C21H27N3/c1-11-10-22-18(12(11)2)8-20-15(5)16(6)21(24-20)9-19-14(4)13(3)17(7)23-19/h9-10,22-23H,8H2,1-7H3/b21-9+. The lowest BCUT2D eigenvalue weighted by Crippen LogP contribution is -2.04. The molecule has 2 N–H and O–H groups in total. The van der Waals surface area contributed by atoms with Crippen LogP contribution in [-0.2, 0) is 6.42 Å². The topological polar surface area (TPSA) is 43.9 Å². The van der Waals surface area contributed by atoms with Crippen LogP contribution in [0.3, 0.4) is 0 Å². The van der Waals surface area contributed by atoms with E-state index in [9.17, 15) is 0 Å². The highest BCUT2D eigenvalue weighted by Gasteiger charge is 2.19. The van der Waals surface area contributed by atoms with Crippen molar-refractivity contribution in [2.24, 2.45) is 4.99 Å². The lowest BCUT2D eigenvalue weighted by molar-refractivity contribution is 1.15. The Morgan fingerprint density at radius 1 is 0.917 bits per heavy atom. The molecule has 0 radical (unpaired) electrons. The number of nitrogens with zero attached hydrogens (tertiary/aromatic N) is 1. The number of hydrogen-bond donors (Lipinski definition) is 2. The number of H-pyrrole nitrogens is 2. The van der Waals surface area contributed by atoms with Crippen LogP contribution in [0.25, 0.3) is 6.08 Å². The molecular weight excluding hydrogens is 294 g/mol. The van der Waals surface area contributed by atoms with E-state index in [1.807, 2.05) is 0 Å². The summed E-state index contributed by atoms with van der Waals surface area (Å²) >= 11 is 0. The van der Waals surface area contributed by atoms with Gasteiger partial charge in [-0.2, -0.15) is 0 Å². The van der Waals surface area contributed by atoms with Crippen LogP contribution in [0.5, 0.6) is 0 Å². The molecule has 0 bridgehead atoms. The molecule has 24 heavy (non-hydrogen) atoms. The zero-order valence-electron chi connectivity index (χ0n) is 15.8. The fourth-order valence-corrected chi connectivity index (χ4v) is 3.19. The number of hydrogen-bond acceptors (Lipinski definition) is 1. The number of aromatic nitrogens is 2. The Morgan fingerprint density at radius 2 is 1.62 bits per heavy atom. The number of aromatic amines is 2. The SMILES string of the molecule is CC1=C(C)/C(=C\c2[nH]c(C)c(C)c2C)N=C1Cc1[nH]cc(C)c1C. The maximum atomic E-state index is 4.93. The average molecular weight is 321 g/mol. The Kier molecular flexibility index (Phi) is 4.12. The van der Waals surface area contributed by atoms with Crippen LogP contribution in [-0.4, -0.2) is 15.7 Å². The summed E-state index contributed by atoms with van der Waals surface area (Å²) in [7, 11) is 0. The fourth-order valence-electron chi connectivity index (χ4n) is 3.19. The van der Waals surface area contributed by atoms with Crippen LogP contribution in [0.4, 0.5) is 0 Å². The molecule has 3 heteroatoms.